The molecule has 0 spiro atoms. The number of nitrogens with zero attached hydrogens (tertiary/aromatic N) is 5. The van der Waals surface area contributed by atoms with E-state index in [0.717, 1.165) is 23.1 Å². The Morgan fingerprint density at radius 1 is 1.16 bits per heavy atom. The molecule has 0 unspecified atom stereocenters. The third-order valence-corrected chi connectivity index (χ3v) is 8.15. The average Bonchev–Trinajstić information content (AvgIpc) is 3.46. The van der Waals surface area contributed by atoms with Gasteiger partial charge < -0.3 is 20.0 Å². The number of benzene rings is 1. The van der Waals surface area contributed by atoms with Gasteiger partial charge in [0.1, 0.15) is 5.69 Å². The molecule has 2 N–H and O–H groups in total. The van der Waals surface area contributed by atoms with Crippen LogP contribution in [-0.4, -0.2) is 73.6 Å². The van der Waals surface area contributed by atoms with Crippen molar-refractivity contribution in [1.82, 2.24) is 19.6 Å². The van der Waals surface area contributed by atoms with Crippen molar-refractivity contribution in [2.75, 3.05) is 25.0 Å². The molecule has 204 valence electrons. The first-order valence-corrected chi connectivity index (χ1v) is 12.7. The highest BCUT2D eigenvalue weighted by Gasteiger charge is 2.38. The van der Waals surface area contributed by atoms with Gasteiger partial charge in [-0.15, -0.1) is 0 Å². The quantitative estimate of drug-likeness (QED) is 0.571. The number of hydrogen-bond acceptors (Lipinski definition) is 6. The molecule has 37 heavy (non-hydrogen) atoms. The maximum atomic E-state index is 13.6. The molecule has 0 radical (unpaired) electrons. The maximum absolute atomic E-state index is 13.6. The summed E-state index contributed by atoms with van der Waals surface area (Å²) < 4.78 is 41.8. The zero-order valence-corrected chi connectivity index (χ0v) is 21.7. The van der Waals surface area contributed by atoms with Gasteiger partial charge in [0.2, 0.25) is 0 Å². The van der Waals surface area contributed by atoms with E-state index < -0.39 is 18.0 Å². The normalized spacial score (nSPS) is 22.4. The van der Waals surface area contributed by atoms with Crippen LogP contribution in [0, 0.1) is 0 Å². The van der Waals surface area contributed by atoms with Crippen molar-refractivity contribution in [2.45, 2.75) is 83.1 Å². The van der Waals surface area contributed by atoms with E-state index in [0.29, 0.717) is 38.2 Å². The van der Waals surface area contributed by atoms with Crippen molar-refractivity contribution in [1.29, 1.82) is 0 Å². The van der Waals surface area contributed by atoms with Gasteiger partial charge in [-0.05, 0) is 77.3 Å². The van der Waals surface area contributed by atoms with Crippen molar-refractivity contribution < 1.29 is 28.2 Å². The van der Waals surface area contributed by atoms with Crippen LogP contribution >= 0.6 is 0 Å². The van der Waals surface area contributed by atoms with Crippen LogP contribution in [0.4, 0.5) is 23.7 Å². The Kier molecular flexibility index (Phi) is 7.60. The fraction of sp³-hybridized carbons (Fsp3) is 0.615. The Hall–Kier alpha value is -2.63. The van der Waals surface area contributed by atoms with E-state index in [1.54, 1.807) is 11.0 Å². The van der Waals surface area contributed by atoms with Crippen molar-refractivity contribution in [2.24, 2.45) is 0 Å². The predicted molar refractivity (Wildman–Crippen MR) is 133 cm³/mol. The molecule has 4 rings (SSSR count). The summed E-state index contributed by atoms with van der Waals surface area (Å²) in [7, 11) is 1.98. The van der Waals surface area contributed by atoms with E-state index in [2.05, 4.69) is 35.7 Å². The van der Waals surface area contributed by atoms with Crippen LogP contribution < -0.4 is 4.90 Å². The van der Waals surface area contributed by atoms with Gasteiger partial charge in [0.15, 0.2) is 6.29 Å². The molecule has 2 atom stereocenters. The van der Waals surface area contributed by atoms with Crippen molar-refractivity contribution >= 4 is 11.7 Å². The largest absolute Gasteiger partial charge is 0.416 e. The number of hydrogen-bond donors (Lipinski definition) is 2. The first-order valence-electron chi connectivity index (χ1n) is 12.7. The van der Waals surface area contributed by atoms with Gasteiger partial charge >= 0.3 is 12.2 Å². The van der Waals surface area contributed by atoms with Crippen LogP contribution in [0.15, 0.2) is 30.5 Å². The third-order valence-electron chi connectivity index (χ3n) is 8.15. The average molecular weight is 524 g/mol. The van der Waals surface area contributed by atoms with E-state index in [4.69, 9.17) is 0 Å². The molecule has 1 aromatic heterocycles. The summed E-state index contributed by atoms with van der Waals surface area (Å²) in [5, 5.41) is 22.4. The lowest BCUT2D eigenvalue weighted by molar-refractivity contribution is -0.137. The van der Waals surface area contributed by atoms with Crippen LogP contribution in [0.5, 0.6) is 0 Å². The Balaban J connectivity index is 1.49. The molecule has 1 aromatic carbocycles. The van der Waals surface area contributed by atoms with Crippen LogP contribution in [0.3, 0.4) is 0 Å². The second kappa shape index (κ2) is 10.3. The lowest BCUT2D eigenvalue weighted by Crippen LogP contribution is -2.53. The topological polar surface area (TPSA) is 85.1 Å². The zero-order valence-electron chi connectivity index (χ0n) is 21.7. The number of aliphatic hydroxyl groups excluding tert-OH is 1. The number of carbonyl (C=O) groups excluding carboxylic acids is 1. The van der Waals surface area contributed by atoms with Gasteiger partial charge in [0, 0.05) is 49.1 Å². The lowest BCUT2D eigenvalue weighted by atomic mass is 9.87. The first-order chi connectivity index (χ1) is 17.3. The molecule has 0 bridgehead atoms. The Labute approximate surface area is 215 Å². The highest BCUT2D eigenvalue weighted by Crippen LogP contribution is 2.39. The Bertz CT molecular complexity index is 1100. The number of amides is 1. The minimum absolute atomic E-state index is 0.00363. The maximum Gasteiger partial charge on any atom is 0.416 e. The number of aliphatic hydroxyl groups is 2. The predicted octanol–water partition coefficient (Wildman–Crippen LogP) is 4.22. The number of likely N-dealkylation sites (tertiary alicyclic amines) is 1. The van der Waals surface area contributed by atoms with Crippen molar-refractivity contribution in [3.63, 3.8) is 0 Å². The zero-order chi connectivity index (χ0) is 27.1. The molecule has 1 amide bonds. The van der Waals surface area contributed by atoms with E-state index >= 15 is 0 Å². The van der Waals surface area contributed by atoms with Crippen molar-refractivity contribution in [3.05, 3.63) is 47.3 Å². The summed E-state index contributed by atoms with van der Waals surface area (Å²) in [5.74, 6) is 0. The van der Waals surface area contributed by atoms with Gasteiger partial charge in [-0.1, -0.05) is 6.07 Å². The van der Waals surface area contributed by atoms with Gasteiger partial charge in [-0.3, -0.25) is 4.90 Å². The van der Waals surface area contributed by atoms with Crippen LogP contribution in [0.2, 0.25) is 0 Å². The molecule has 2 saturated heterocycles. The first kappa shape index (κ1) is 27.4. The minimum atomic E-state index is -4.40. The van der Waals surface area contributed by atoms with E-state index in [1.165, 1.54) is 24.4 Å². The molecule has 0 saturated carbocycles. The molecular weight excluding hydrogens is 487 g/mol. The smallest absolute Gasteiger partial charge is 0.366 e. The highest BCUT2D eigenvalue weighted by molar-refractivity contribution is 5.76. The molecule has 3 heterocycles. The SMILES string of the molecule is C[C@@H]1CC[C@@H](C)N1c1cc(C(F)(F)F)ccc1CN(C)C1(C)CCN(C(=O)n2ccc(C(O)O)n2)CC1. The number of halogens is 3. The summed E-state index contributed by atoms with van der Waals surface area (Å²) >= 11 is 0. The molecule has 0 aliphatic carbocycles. The summed E-state index contributed by atoms with van der Waals surface area (Å²) in [6, 6.07) is 5.46. The Morgan fingerprint density at radius 2 is 1.78 bits per heavy atom. The third kappa shape index (κ3) is 5.63. The summed E-state index contributed by atoms with van der Waals surface area (Å²) in [6.07, 6.45) is -1.48. The molecular formula is C26H36F3N5O3. The van der Waals surface area contributed by atoms with E-state index in [-0.39, 0.29) is 29.3 Å². The van der Waals surface area contributed by atoms with Crippen LogP contribution in [-0.2, 0) is 12.7 Å². The number of aromatic nitrogens is 2. The monoisotopic (exact) mass is 523 g/mol. The molecule has 2 aliphatic heterocycles. The number of piperidine rings is 1. The molecule has 8 nitrogen and oxygen atoms in total. The fourth-order valence-corrected chi connectivity index (χ4v) is 5.52. The molecule has 2 aliphatic rings. The summed E-state index contributed by atoms with van der Waals surface area (Å²) in [6.45, 7) is 7.70. The standard InChI is InChI=1S/C26H36F3N5O3/c1-17-5-6-18(2)34(17)22-15-20(26(27,28)29)8-7-19(22)16-31(4)25(3)10-13-32(14-11-25)24(37)33-12-9-21(30-33)23(35)36/h7-9,12,15,17-18,23,35-36H,5-6,10-11,13-14,16H2,1-4H3/t17-,18-/m1/s1. The summed E-state index contributed by atoms with van der Waals surface area (Å²) in [5.41, 5.74) is 0.631. The fourth-order valence-electron chi connectivity index (χ4n) is 5.52. The van der Waals surface area contributed by atoms with Gasteiger partial charge in [0.05, 0.1) is 5.56 Å². The van der Waals surface area contributed by atoms with Crippen molar-refractivity contribution in [3.8, 4) is 0 Å². The minimum Gasteiger partial charge on any atom is -0.366 e. The van der Waals surface area contributed by atoms with Gasteiger partial charge in [-0.2, -0.15) is 23.0 Å². The molecule has 11 heteroatoms. The van der Waals surface area contributed by atoms with E-state index in [9.17, 15) is 28.2 Å². The summed E-state index contributed by atoms with van der Waals surface area (Å²) in [4.78, 5) is 18.8. The molecule has 2 aromatic rings. The number of rotatable bonds is 5. The highest BCUT2D eigenvalue weighted by atomic mass is 19.4. The lowest BCUT2D eigenvalue weighted by Gasteiger charge is -2.45. The number of anilines is 1. The van der Waals surface area contributed by atoms with Gasteiger partial charge in [0.25, 0.3) is 0 Å². The van der Waals surface area contributed by atoms with Gasteiger partial charge in [-0.25, -0.2) is 4.79 Å². The van der Waals surface area contributed by atoms with E-state index in [1.807, 2.05) is 7.05 Å². The second-order valence-corrected chi connectivity index (χ2v) is 10.7. The Morgan fingerprint density at radius 3 is 2.32 bits per heavy atom. The molecule has 2 fully saturated rings. The second-order valence-electron chi connectivity index (χ2n) is 10.7. The van der Waals surface area contributed by atoms with Crippen LogP contribution in [0.25, 0.3) is 0 Å². The van der Waals surface area contributed by atoms with Crippen LogP contribution in [0.1, 0.15) is 69.6 Å². The number of carbonyl (C=O) groups is 1. The number of alkyl halides is 3.